The van der Waals surface area contributed by atoms with Crippen LogP contribution in [0.25, 0.3) is 99.1 Å². The molecule has 0 saturated carbocycles. The van der Waals surface area contributed by atoms with E-state index in [2.05, 4.69) is 254 Å². The summed E-state index contributed by atoms with van der Waals surface area (Å²) in [4.78, 5) is 2.36. The molecule has 0 aliphatic heterocycles. The van der Waals surface area contributed by atoms with Crippen LogP contribution in [0.4, 0.5) is 17.1 Å². The fourth-order valence-corrected chi connectivity index (χ4v) is 9.49. The molecule has 1 heterocycles. The van der Waals surface area contributed by atoms with Crippen molar-refractivity contribution >= 4 is 60.5 Å². The summed E-state index contributed by atoms with van der Waals surface area (Å²) in [5.41, 5.74) is 16.9. The average Bonchev–Trinajstić information content (AvgIpc) is 3.77. The van der Waals surface area contributed by atoms with Gasteiger partial charge in [-0.15, -0.1) is 0 Å². The van der Waals surface area contributed by atoms with Crippen LogP contribution in [0.3, 0.4) is 0 Å². The van der Waals surface area contributed by atoms with Gasteiger partial charge in [0.25, 0.3) is 0 Å². The zero-order valence-corrected chi connectivity index (χ0v) is 35.0. The maximum Gasteiger partial charge on any atom is 0.143 e. The highest BCUT2D eigenvalue weighted by molar-refractivity contribution is 6.19. The molecule has 11 aromatic carbocycles. The average molecular weight is 816 g/mol. The normalized spacial score (nSPS) is 11.4. The summed E-state index contributed by atoms with van der Waals surface area (Å²) in [7, 11) is 0. The van der Waals surface area contributed by atoms with Gasteiger partial charge in [-0.05, 0) is 126 Å². The first-order valence-corrected chi connectivity index (χ1v) is 21.9. The molecule has 300 valence electrons. The number of benzene rings is 11. The highest BCUT2D eigenvalue weighted by Crippen LogP contribution is 2.43. The summed E-state index contributed by atoms with van der Waals surface area (Å²) in [6, 6.07) is 89.6. The zero-order valence-electron chi connectivity index (χ0n) is 35.0. The van der Waals surface area contributed by atoms with E-state index in [0.717, 1.165) is 55.5 Å². The van der Waals surface area contributed by atoms with E-state index in [1.165, 1.54) is 60.7 Å². The van der Waals surface area contributed by atoms with Gasteiger partial charge in [-0.1, -0.05) is 194 Å². The van der Waals surface area contributed by atoms with Crippen molar-refractivity contribution in [3.05, 3.63) is 249 Å². The van der Waals surface area contributed by atoms with Gasteiger partial charge in [0.05, 0.1) is 0 Å². The van der Waals surface area contributed by atoms with Crippen molar-refractivity contribution in [3.8, 4) is 55.6 Å². The van der Waals surface area contributed by atoms with Crippen LogP contribution < -0.4 is 4.90 Å². The number of hydrogen-bond acceptors (Lipinski definition) is 2. The highest BCUT2D eigenvalue weighted by Gasteiger charge is 2.18. The molecule has 0 unspecified atom stereocenters. The molecule has 64 heavy (non-hydrogen) atoms. The molecule has 0 atom stereocenters. The van der Waals surface area contributed by atoms with Gasteiger partial charge in [0, 0.05) is 33.2 Å². The van der Waals surface area contributed by atoms with E-state index in [4.69, 9.17) is 4.42 Å². The maximum atomic E-state index is 6.61. The lowest BCUT2D eigenvalue weighted by atomic mass is 9.95. The fraction of sp³-hybridized carbons (Fsp3) is 0. The highest BCUT2D eigenvalue weighted by atomic mass is 16.3. The molecule has 0 fully saturated rings. The van der Waals surface area contributed by atoms with Crippen LogP contribution >= 0.6 is 0 Å². The quantitative estimate of drug-likeness (QED) is 0.152. The third-order valence-corrected chi connectivity index (χ3v) is 12.7. The van der Waals surface area contributed by atoms with E-state index in [1.54, 1.807) is 0 Å². The molecule has 0 radical (unpaired) electrons. The first kappa shape index (κ1) is 37.3. The second-order valence-electron chi connectivity index (χ2n) is 16.5. The van der Waals surface area contributed by atoms with Gasteiger partial charge < -0.3 is 9.32 Å². The summed E-state index contributed by atoms with van der Waals surface area (Å²) in [5.74, 6) is 0. The molecule has 0 aliphatic carbocycles. The van der Waals surface area contributed by atoms with Crippen molar-refractivity contribution in [1.82, 2.24) is 0 Å². The summed E-state index contributed by atoms with van der Waals surface area (Å²) >= 11 is 0. The molecule has 0 N–H and O–H groups in total. The topological polar surface area (TPSA) is 16.4 Å². The van der Waals surface area contributed by atoms with Gasteiger partial charge in [-0.25, -0.2) is 0 Å². The molecule has 1 aromatic heterocycles. The minimum atomic E-state index is 0.888. The second kappa shape index (κ2) is 15.8. The smallest absolute Gasteiger partial charge is 0.143 e. The fourth-order valence-electron chi connectivity index (χ4n) is 9.49. The van der Waals surface area contributed by atoms with Crippen molar-refractivity contribution in [2.24, 2.45) is 0 Å². The molecular formula is C62H41NO. The van der Waals surface area contributed by atoms with Crippen LogP contribution in [-0.4, -0.2) is 0 Å². The number of hydrogen-bond donors (Lipinski definition) is 0. The molecule has 2 heteroatoms. The monoisotopic (exact) mass is 815 g/mol. The number of anilines is 3. The minimum absolute atomic E-state index is 0.888. The van der Waals surface area contributed by atoms with E-state index >= 15 is 0 Å². The maximum absolute atomic E-state index is 6.61. The van der Waals surface area contributed by atoms with E-state index < -0.39 is 0 Å². The lowest BCUT2D eigenvalue weighted by molar-refractivity contribution is 0.673. The SMILES string of the molecule is c1ccc(-c2ccc(-c3ccc(N(c4ccc(-c5cccc(-c6cccc7ccccc67)c5)cc4)c4cccc(-c5cccc6oc7c8ccccc8ccc7c56)c4)cc3)cc2)cc1. The van der Waals surface area contributed by atoms with Gasteiger partial charge in [0.15, 0.2) is 0 Å². The van der Waals surface area contributed by atoms with Crippen LogP contribution in [0.2, 0.25) is 0 Å². The van der Waals surface area contributed by atoms with Crippen LogP contribution in [0, 0.1) is 0 Å². The van der Waals surface area contributed by atoms with Gasteiger partial charge >= 0.3 is 0 Å². The molecule has 12 aromatic rings. The first-order valence-electron chi connectivity index (χ1n) is 21.9. The standard InChI is InChI=1S/C62H41NO/c1-2-12-42(13-3-1)43-26-28-44(29-27-43)45-30-35-52(36-31-45)63(53-37-32-46(33-38-53)49-17-8-18-50(40-49)56-23-10-16-47-14-4-6-21-55(47)56)54-20-9-19-51(41-54)57-24-11-25-60-61(57)59-39-34-48-15-5-7-22-58(48)62(59)64-60/h1-41H. The van der Waals surface area contributed by atoms with Gasteiger partial charge in [0.2, 0.25) is 0 Å². The van der Waals surface area contributed by atoms with Crippen LogP contribution in [0.15, 0.2) is 253 Å². The minimum Gasteiger partial charge on any atom is -0.455 e. The third-order valence-electron chi connectivity index (χ3n) is 12.7. The number of nitrogens with zero attached hydrogens (tertiary/aromatic N) is 1. The van der Waals surface area contributed by atoms with Crippen LogP contribution in [0.5, 0.6) is 0 Å². The molecule has 0 amide bonds. The van der Waals surface area contributed by atoms with Gasteiger partial charge in [0.1, 0.15) is 11.2 Å². The number of fused-ring (bicyclic) bond motifs is 6. The molecule has 12 rings (SSSR count). The Kier molecular flexibility index (Phi) is 9.20. The van der Waals surface area contributed by atoms with Crippen molar-refractivity contribution in [1.29, 1.82) is 0 Å². The molecule has 0 aliphatic rings. The number of rotatable bonds is 8. The van der Waals surface area contributed by atoms with E-state index in [-0.39, 0.29) is 0 Å². The molecule has 0 saturated heterocycles. The Morgan fingerprint density at radius 2 is 0.750 bits per heavy atom. The largest absolute Gasteiger partial charge is 0.455 e. The summed E-state index contributed by atoms with van der Waals surface area (Å²) in [6.07, 6.45) is 0. The van der Waals surface area contributed by atoms with E-state index in [0.29, 0.717) is 0 Å². The van der Waals surface area contributed by atoms with Crippen LogP contribution in [-0.2, 0) is 0 Å². The predicted octanol–water partition coefficient (Wildman–Crippen LogP) is 17.7. The number of furan rings is 1. The van der Waals surface area contributed by atoms with Gasteiger partial charge in [-0.2, -0.15) is 0 Å². The van der Waals surface area contributed by atoms with E-state index in [1.807, 2.05) is 0 Å². The van der Waals surface area contributed by atoms with Crippen molar-refractivity contribution in [2.45, 2.75) is 0 Å². The summed E-state index contributed by atoms with van der Waals surface area (Å²) < 4.78 is 6.61. The zero-order chi connectivity index (χ0) is 42.4. The Hall–Kier alpha value is -8.46. The lowest BCUT2D eigenvalue weighted by Crippen LogP contribution is -2.10. The summed E-state index contributed by atoms with van der Waals surface area (Å²) in [5, 5.41) is 7.06. The summed E-state index contributed by atoms with van der Waals surface area (Å²) in [6.45, 7) is 0. The molecule has 0 spiro atoms. The van der Waals surface area contributed by atoms with E-state index in [9.17, 15) is 0 Å². The Morgan fingerprint density at radius 1 is 0.266 bits per heavy atom. The van der Waals surface area contributed by atoms with Crippen molar-refractivity contribution in [2.75, 3.05) is 4.90 Å². The molecular weight excluding hydrogens is 775 g/mol. The third kappa shape index (κ3) is 6.70. The molecule has 0 bridgehead atoms. The van der Waals surface area contributed by atoms with Gasteiger partial charge in [-0.3, -0.25) is 0 Å². The first-order chi connectivity index (χ1) is 31.7. The Balaban J connectivity index is 0.941. The lowest BCUT2D eigenvalue weighted by Gasteiger charge is -2.26. The Bertz CT molecular complexity index is 3630. The van der Waals surface area contributed by atoms with Crippen LogP contribution in [0.1, 0.15) is 0 Å². The van der Waals surface area contributed by atoms with Crippen molar-refractivity contribution in [3.63, 3.8) is 0 Å². The van der Waals surface area contributed by atoms with Crippen molar-refractivity contribution < 1.29 is 4.42 Å². The predicted molar refractivity (Wildman–Crippen MR) is 271 cm³/mol. The second-order valence-corrected chi connectivity index (χ2v) is 16.5. The molecule has 2 nitrogen and oxygen atoms in total. The Labute approximate surface area is 372 Å². The Morgan fingerprint density at radius 3 is 1.47 bits per heavy atom.